The van der Waals surface area contributed by atoms with Gasteiger partial charge < -0.3 is 5.11 Å². The number of aliphatic hydroxyl groups is 1. The molecule has 1 aliphatic carbocycles. The van der Waals surface area contributed by atoms with Crippen molar-refractivity contribution in [2.24, 2.45) is 5.41 Å². The average Bonchev–Trinajstić information content (AvgIpc) is 2.79. The van der Waals surface area contributed by atoms with Crippen molar-refractivity contribution in [1.29, 1.82) is 0 Å². The molecule has 1 aliphatic rings. The molecule has 0 bridgehead atoms. The van der Waals surface area contributed by atoms with Crippen molar-refractivity contribution in [3.63, 3.8) is 0 Å². The van der Waals surface area contributed by atoms with Gasteiger partial charge in [0.25, 0.3) is 0 Å². The predicted octanol–water partition coefficient (Wildman–Crippen LogP) is 2.48. The van der Waals surface area contributed by atoms with E-state index in [0.717, 1.165) is 25.0 Å². The molecule has 0 saturated heterocycles. The summed E-state index contributed by atoms with van der Waals surface area (Å²) in [6, 6.07) is 0. The fourth-order valence-corrected chi connectivity index (χ4v) is 2.66. The minimum absolute atomic E-state index is 0.0516. The molecule has 1 fully saturated rings. The van der Waals surface area contributed by atoms with Crippen LogP contribution >= 0.6 is 0 Å². The minimum atomic E-state index is -0.446. The Morgan fingerprint density at radius 1 is 1.40 bits per heavy atom. The topological polar surface area (TPSA) is 46.0 Å². The molecule has 1 N–H and O–H groups in total. The average molecular weight is 206 g/mol. The van der Waals surface area contributed by atoms with Crippen LogP contribution in [0, 0.1) is 5.41 Å². The van der Waals surface area contributed by atoms with Gasteiger partial charge in [-0.3, -0.25) is 9.97 Å². The Bertz CT molecular complexity index is 307. The van der Waals surface area contributed by atoms with Crippen LogP contribution in [0.15, 0.2) is 18.6 Å². The third-order valence-electron chi connectivity index (χ3n) is 3.75. The van der Waals surface area contributed by atoms with Gasteiger partial charge in [0.15, 0.2) is 0 Å². The number of aliphatic hydroxyl groups excluding tert-OH is 1. The molecule has 1 unspecified atom stereocenters. The number of aromatic nitrogens is 2. The van der Waals surface area contributed by atoms with Crippen molar-refractivity contribution in [3.8, 4) is 0 Å². The lowest BCUT2D eigenvalue weighted by molar-refractivity contribution is 0.0202. The van der Waals surface area contributed by atoms with Gasteiger partial charge in [0.05, 0.1) is 11.9 Å². The second-order valence-electron chi connectivity index (χ2n) is 4.46. The first-order valence-electron chi connectivity index (χ1n) is 5.72. The van der Waals surface area contributed by atoms with Crippen molar-refractivity contribution in [2.45, 2.75) is 45.1 Å². The fourth-order valence-electron chi connectivity index (χ4n) is 2.66. The Labute approximate surface area is 90.6 Å². The van der Waals surface area contributed by atoms with E-state index in [-0.39, 0.29) is 5.41 Å². The van der Waals surface area contributed by atoms with Crippen LogP contribution in [0.5, 0.6) is 0 Å². The van der Waals surface area contributed by atoms with Crippen LogP contribution in [0.4, 0.5) is 0 Å². The van der Waals surface area contributed by atoms with E-state index >= 15 is 0 Å². The maximum atomic E-state index is 10.4. The normalized spacial score (nSPS) is 21.5. The fraction of sp³-hybridized carbons (Fsp3) is 0.667. The zero-order valence-electron chi connectivity index (χ0n) is 9.19. The number of hydrogen-bond acceptors (Lipinski definition) is 3. The second kappa shape index (κ2) is 4.27. The van der Waals surface area contributed by atoms with Crippen LogP contribution in [0.2, 0.25) is 0 Å². The highest BCUT2D eigenvalue weighted by atomic mass is 16.3. The second-order valence-corrected chi connectivity index (χ2v) is 4.46. The van der Waals surface area contributed by atoms with Crippen molar-refractivity contribution in [1.82, 2.24) is 9.97 Å². The van der Waals surface area contributed by atoms with Crippen LogP contribution in [-0.4, -0.2) is 15.1 Å². The molecule has 0 radical (unpaired) electrons. The zero-order chi connectivity index (χ0) is 10.7. The summed E-state index contributed by atoms with van der Waals surface area (Å²) in [7, 11) is 0. The Morgan fingerprint density at radius 3 is 2.67 bits per heavy atom. The van der Waals surface area contributed by atoms with Gasteiger partial charge in [-0.25, -0.2) is 0 Å². The van der Waals surface area contributed by atoms with E-state index in [4.69, 9.17) is 0 Å². The van der Waals surface area contributed by atoms with Gasteiger partial charge in [-0.1, -0.05) is 19.8 Å². The predicted molar refractivity (Wildman–Crippen MR) is 58.2 cm³/mol. The molecule has 0 aliphatic heterocycles. The molecule has 82 valence electrons. The van der Waals surface area contributed by atoms with Gasteiger partial charge in [0.2, 0.25) is 0 Å². The zero-order valence-corrected chi connectivity index (χ0v) is 9.19. The van der Waals surface area contributed by atoms with E-state index in [2.05, 4.69) is 16.9 Å². The van der Waals surface area contributed by atoms with E-state index < -0.39 is 6.10 Å². The number of nitrogens with zero attached hydrogens (tertiary/aromatic N) is 2. The van der Waals surface area contributed by atoms with E-state index in [0.29, 0.717) is 0 Å². The summed E-state index contributed by atoms with van der Waals surface area (Å²) in [5.41, 5.74) is 0.775. The first kappa shape index (κ1) is 10.6. The lowest BCUT2D eigenvalue weighted by Gasteiger charge is -2.32. The molecule has 1 aromatic rings. The van der Waals surface area contributed by atoms with Gasteiger partial charge in [-0.05, 0) is 19.3 Å². The van der Waals surface area contributed by atoms with Crippen molar-refractivity contribution >= 4 is 0 Å². The standard InChI is InChI=1S/C12H18N2O/c1-2-12(5-3-4-6-12)11(15)10-9-13-7-8-14-10/h7-9,11,15H,2-6H2,1H3. The van der Waals surface area contributed by atoms with Crippen molar-refractivity contribution in [3.05, 3.63) is 24.3 Å². The van der Waals surface area contributed by atoms with E-state index in [1.165, 1.54) is 12.8 Å². The highest BCUT2D eigenvalue weighted by Gasteiger charge is 2.40. The maximum Gasteiger partial charge on any atom is 0.103 e. The Kier molecular flexibility index (Phi) is 3.00. The summed E-state index contributed by atoms with van der Waals surface area (Å²) in [6.07, 6.45) is 10.2. The van der Waals surface area contributed by atoms with E-state index in [9.17, 15) is 5.11 Å². The largest absolute Gasteiger partial charge is 0.386 e. The summed E-state index contributed by atoms with van der Waals surface area (Å²) in [5, 5.41) is 10.4. The quantitative estimate of drug-likeness (QED) is 0.826. The Balaban J connectivity index is 2.22. The maximum absolute atomic E-state index is 10.4. The third-order valence-corrected chi connectivity index (χ3v) is 3.75. The van der Waals surface area contributed by atoms with Gasteiger partial charge in [0, 0.05) is 17.8 Å². The van der Waals surface area contributed by atoms with E-state index in [1.54, 1.807) is 18.6 Å². The summed E-state index contributed by atoms with van der Waals surface area (Å²) in [6.45, 7) is 2.16. The smallest absolute Gasteiger partial charge is 0.103 e. The van der Waals surface area contributed by atoms with Crippen LogP contribution in [0.25, 0.3) is 0 Å². The summed E-state index contributed by atoms with van der Waals surface area (Å²) in [4.78, 5) is 8.22. The minimum Gasteiger partial charge on any atom is -0.386 e. The molecule has 1 heterocycles. The first-order valence-corrected chi connectivity index (χ1v) is 5.72. The van der Waals surface area contributed by atoms with Gasteiger partial charge in [-0.2, -0.15) is 0 Å². The molecule has 1 atom stereocenters. The molecule has 3 nitrogen and oxygen atoms in total. The van der Waals surface area contributed by atoms with Crippen LogP contribution in [-0.2, 0) is 0 Å². The molecular weight excluding hydrogens is 188 g/mol. The van der Waals surface area contributed by atoms with Gasteiger partial charge in [0.1, 0.15) is 6.10 Å². The SMILES string of the molecule is CCC1(C(O)c2cnccn2)CCCC1. The lowest BCUT2D eigenvalue weighted by atomic mass is 9.77. The van der Waals surface area contributed by atoms with Gasteiger partial charge in [-0.15, -0.1) is 0 Å². The van der Waals surface area contributed by atoms with Gasteiger partial charge >= 0.3 is 0 Å². The molecule has 0 spiro atoms. The molecule has 1 aromatic heterocycles. The molecule has 3 heteroatoms. The van der Waals surface area contributed by atoms with E-state index in [1.807, 2.05) is 0 Å². The Morgan fingerprint density at radius 2 is 2.13 bits per heavy atom. The van der Waals surface area contributed by atoms with Crippen molar-refractivity contribution in [2.75, 3.05) is 0 Å². The lowest BCUT2D eigenvalue weighted by Crippen LogP contribution is -2.25. The summed E-state index contributed by atoms with van der Waals surface area (Å²) >= 11 is 0. The van der Waals surface area contributed by atoms with Crippen LogP contribution < -0.4 is 0 Å². The highest BCUT2D eigenvalue weighted by molar-refractivity contribution is 5.06. The molecule has 15 heavy (non-hydrogen) atoms. The summed E-state index contributed by atoms with van der Waals surface area (Å²) < 4.78 is 0. The molecule has 1 saturated carbocycles. The Hall–Kier alpha value is -0.960. The molecule has 0 aromatic carbocycles. The third kappa shape index (κ3) is 1.88. The van der Waals surface area contributed by atoms with Crippen LogP contribution in [0.3, 0.4) is 0 Å². The highest BCUT2D eigenvalue weighted by Crippen LogP contribution is 2.49. The number of rotatable bonds is 3. The van der Waals surface area contributed by atoms with Crippen LogP contribution in [0.1, 0.15) is 50.8 Å². The van der Waals surface area contributed by atoms with Crippen molar-refractivity contribution < 1.29 is 5.11 Å². The molecule has 0 amide bonds. The molecule has 2 rings (SSSR count). The summed E-state index contributed by atoms with van der Waals surface area (Å²) in [5.74, 6) is 0. The first-order chi connectivity index (χ1) is 7.28. The molecular formula is C12H18N2O. The monoisotopic (exact) mass is 206 g/mol. The number of hydrogen-bond donors (Lipinski definition) is 1.